The van der Waals surface area contributed by atoms with Crippen molar-refractivity contribution in [3.05, 3.63) is 0 Å². The zero-order chi connectivity index (χ0) is 20.1. The normalized spacial score (nSPS) is 61.8. The molecule has 7 aliphatic rings. The molecule has 0 aromatic heterocycles. The predicted molar refractivity (Wildman–Crippen MR) is 109 cm³/mol. The summed E-state index contributed by atoms with van der Waals surface area (Å²) in [7, 11) is 0. The van der Waals surface area contributed by atoms with Crippen LogP contribution < -0.4 is 0 Å². The van der Waals surface area contributed by atoms with E-state index in [0.717, 1.165) is 49.4 Å². The second-order valence-electron chi connectivity index (χ2n) is 11.9. The van der Waals surface area contributed by atoms with Crippen LogP contribution in [0, 0.1) is 29.6 Å². The van der Waals surface area contributed by atoms with Gasteiger partial charge in [0.25, 0.3) is 0 Å². The third kappa shape index (κ3) is 2.71. The van der Waals surface area contributed by atoms with Gasteiger partial charge in [0.2, 0.25) is 0 Å². The summed E-state index contributed by atoms with van der Waals surface area (Å²) in [5.41, 5.74) is 0. The highest BCUT2D eigenvalue weighted by Crippen LogP contribution is 2.58. The lowest BCUT2D eigenvalue weighted by Gasteiger charge is -2.39. The second kappa shape index (κ2) is 6.66. The molecule has 5 nitrogen and oxygen atoms in total. The molecular weight excluding hydrogens is 380 g/mol. The molecule has 10 atom stereocenters. The number of ether oxygens (including phenoxy) is 4. The molecule has 0 radical (unpaired) electrons. The molecule has 5 aliphatic carbocycles. The summed E-state index contributed by atoms with van der Waals surface area (Å²) in [6, 6.07) is 0. The van der Waals surface area contributed by atoms with Crippen molar-refractivity contribution in [2.75, 3.05) is 0 Å². The molecule has 1 N–H and O–H groups in total. The second-order valence-corrected chi connectivity index (χ2v) is 11.9. The number of rotatable bonds is 0. The first-order chi connectivity index (χ1) is 14.5. The van der Waals surface area contributed by atoms with Crippen molar-refractivity contribution in [2.24, 2.45) is 29.6 Å². The van der Waals surface area contributed by atoms with E-state index in [2.05, 4.69) is 6.92 Å². The predicted octanol–water partition coefficient (Wildman–Crippen LogP) is 4.16. The average molecular weight is 419 g/mol. The van der Waals surface area contributed by atoms with Crippen LogP contribution in [0.25, 0.3) is 0 Å². The molecule has 5 heteroatoms. The van der Waals surface area contributed by atoms with Gasteiger partial charge in [0, 0.05) is 31.6 Å². The minimum Gasteiger partial charge on any atom is -0.387 e. The van der Waals surface area contributed by atoms with Crippen LogP contribution in [0.5, 0.6) is 0 Å². The van der Waals surface area contributed by atoms with E-state index in [1.54, 1.807) is 0 Å². The molecule has 2 aliphatic heterocycles. The summed E-state index contributed by atoms with van der Waals surface area (Å²) in [5.74, 6) is 2.21. The molecular formula is C25H38O5. The van der Waals surface area contributed by atoms with E-state index in [1.165, 1.54) is 51.4 Å². The topological polar surface area (TPSA) is 57.2 Å². The first-order valence-electron chi connectivity index (χ1n) is 12.9. The maximum absolute atomic E-state index is 11.4. The van der Waals surface area contributed by atoms with Gasteiger partial charge in [0.15, 0.2) is 11.6 Å². The lowest BCUT2D eigenvalue weighted by Crippen LogP contribution is -2.57. The van der Waals surface area contributed by atoms with Gasteiger partial charge in [-0.15, -0.1) is 0 Å². The van der Waals surface area contributed by atoms with E-state index >= 15 is 0 Å². The number of hydrogen-bond donors (Lipinski definition) is 1. The Morgan fingerprint density at radius 1 is 0.567 bits per heavy atom. The van der Waals surface area contributed by atoms with E-state index < -0.39 is 17.7 Å². The highest BCUT2D eigenvalue weighted by atomic mass is 16.8. The summed E-state index contributed by atoms with van der Waals surface area (Å²) >= 11 is 0. The Labute approximate surface area is 180 Å². The zero-order valence-corrected chi connectivity index (χ0v) is 18.3. The Morgan fingerprint density at radius 2 is 0.900 bits per heavy atom. The molecule has 2 saturated heterocycles. The molecule has 2 spiro atoms. The fourth-order valence-electron chi connectivity index (χ4n) is 8.82. The van der Waals surface area contributed by atoms with Crippen LogP contribution in [0.1, 0.15) is 84.0 Å². The summed E-state index contributed by atoms with van der Waals surface area (Å²) in [6.07, 6.45) is 13.3. The van der Waals surface area contributed by atoms with Gasteiger partial charge in [0.05, 0.1) is 12.2 Å². The van der Waals surface area contributed by atoms with Crippen molar-refractivity contribution < 1.29 is 24.1 Å². The molecule has 168 valence electrons. The summed E-state index contributed by atoms with van der Waals surface area (Å²) in [5, 5.41) is 11.4. The summed E-state index contributed by atoms with van der Waals surface area (Å²) in [6.45, 7) is 2.23. The van der Waals surface area contributed by atoms with Gasteiger partial charge < -0.3 is 24.1 Å². The molecule has 5 saturated carbocycles. The highest BCUT2D eigenvalue weighted by Gasteiger charge is 2.67. The van der Waals surface area contributed by atoms with Gasteiger partial charge >= 0.3 is 0 Å². The van der Waals surface area contributed by atoms with E-state index in [1.807, 2.05) is 0 Å². The Kier molecular flexibility index (Phi) is 4.28. The molecule has 30 heavy (non-hydrogen) atoms. The summed E-state index contributed by atoms with van der Waals surface area (Å²) in [4.78, 5) is 0. The monoisotopic (exact) mass is 418 g/mol. The van der Waals surface area contributed by atoms with Crippen LogP contribution in [-0.2, 0) is 18.9 Å². The van der Waals surface area contributed by atoms with Crippen LogP contribution in [0.15, 0.2) is 0 Å². The van der Waals surface area contributed by atoms with Gasteiger partial charge in [-0.1, -0.05) is 32.6 Å². The minimum atomic E-state index is -0.653. The molecule has 6 unspecified atom stereocenters. The standard InChI is InChI=1S/C25H38O5/c1-14-20-22(29-24(27-20)10-15-6-2-3-7-16(15)11-24)19(26)23-21(14)28-25(30-23)12-17-8-4-5-9-18(17)13-25/h14-23,26H,2-13H2,1H3/t14?,15?,16?,17?,18?,19?,20-,21+,22-,23-,24?,25?/m0/s1. The van der Waals surface area contributed by atoms with E-state index in [0.29, 0.717) is 0 Å². The quantitative estimate of drug-likeness (QED) is 0.640. The van der Waals surface area contributed by atoms with Crippen molar-refractivity contribution >= 4 is 0 Å². The van der Waals surface area contributed by atoms with E-state index in [9.17, 15) is 5.11 Å². The lowest BCUT2D eigenvalue weighted by atomic mass is 9.80. The Balaban J connectivity index is 1.11. The van der Waals surface area contributed by atoms with Gasteiger partial charge in [-0.25, -0.2) is 0 Å². The van der Waals surface area contributed by atoms with E-state index in [4.69, 9.17) is 18.9 Å². The fraction of sp³-hybridized carbons (Fsp3) is 1.00. The molecule has 0 amide bonds. The van der Waals surface area contributed by atoms with E-state index in [-0.39, 0.29) is 30.3 Å². The van der Waals surface area contributed by atoms with Crippen LogP contribution in [0.4, 0.5) is 0 Å². The van der Waals surface area contributed by atoms with Crippen molar-refractivity contribution in [1.82, 2.24) is 0 Å². The fourth-order valence-corrected chi connectivity index (χ4v) is 8.82. The number of hydrogen-bond acceptors (Lipinski definition) is 5. The highest BCUT2D eigenvalue weighted by molar-refractivity contribution is 5.10. The number of aliphatic hydroxyl groups excluding tert-OH is 1. The van der Waals surface area contributed by atoms with Crippen LogP contribution in [-0.4, -0.2) is 47.2 Å². The SMILES string of the molecule is CC1[C@H]2OC3(CC4CCCCC4C3)O[C@H]2C(O)[C@@H]2OC3(CC4CCCCC4C3)O[C@@H]12. The van der Waals surface area contributed by atoms with Gasteiger partial charge in [-0.3, -0.25) is 0 Å². The molecule has 7 rings (SSSR count). The molecule has 7 fully saturated rings. The lowest BCUT2D eigenvalue weighted by molar-refractivity contribution is -0.203. The van der Waals surface area contributed by atoms with Crippen molar-refractivity contribution in [2.45, 2.75) is 126 Å². The smallest absolute Gasteiger partial charge is 0.169 e. The zero-order valence-electron chi connectivity index (χ0n) is 18.3. The molecule has 0 bridgehead atoms. The number of fused-ring (bicyclic) bond motifs is 4. The minimum absolute atomic E-state index is 0.0798. The van der Waals surface area contributed by atoms with Crippen LogP contribution in [0.3, 0.4) is 0 Å². The number of aliphatic hydroxyl groups is 1. The van der Waals surface area contributed by atoms with Gasteiger partial charge in [0.1, 0.15) is 18.3 Å². The van der Waals surface area contributed by atoms with Crippen molar-refractivity contribution in [1.29, 1.82) is 0 Å². The third-order valence-electron chi connectivity index (χ3n) is 10.2. The van der Waals surface area contributed by atoms with Crippen LogP contribution >= 0.6 is 0 Å². The Bertz CT molecular complexity index is 581. The largest absolute Gasteiger partial charge is 0.387 e. The van der Waals surface area contributed by atoms with Gasteiger partial charge in [-0.05, 0) is 49.4 Å². The maximum atomic E-state index is 11.4. The first kappa shape index (κ1) is 19.3. The molecule has 0 aromatic carbocycles. The molecule has 0 aromatic rings. The van der Waals surface area contributed by atoms with Gasteiger partial charge in [-0.2, -0.15) is 0 Å². The molecule has 2 heterocycles. The first-order valence-corrected chi connectivity index (χ1v) is 12.9. The Morgan fingerprint density at radius 3 is 1.27 bits per heavy atom. The van der Waals surface area contributed by atoms with Crippen molar-refractivity contribution in [3.8, 4) is 0 Å². The van der Waals surface area contributed by atoms with Crippen molar-refractivity contribution in [3.63, 3.8) is 0 Å². The summed E-state index contributed by atoms with van der Waals surface area (Å²) < 4.78 is 26.7. The Hall–Kier alpha value is -0.200. The van der Waals surface area contributed by atoms with Crippen LogP contribution in [0.2, 0.25) is 0 Å². The third-order valence-corrected chi connectivity index (χ3v) is 10.2. The maximum Gasteiger partial charge on any atom is 0.169 e. The average Bonchev–Trinajstić information content (AvgIpc) is 3.48.